The summed E-state index contributed by atoms with van der Waals surface area (Å²) in [5.41, 5.74) is 9.06. The highest BCUT2D eigenvalue weighted by atomic mass is 35.5. The van der Waals surface area contributed by atoms with Crippen LogP contribution in [0.25, 0.3) is 44.3 Å². The van der Waals surface area contributed by atoms with E-state index in [1.54, 1.807) is 39.7 Å². The molecule has 16 nitrogen and oxygen atoms in total. The van der Waals surface area contributed by atoms with Gasteiger partial charge in [0.05, 0.1) is 7.11 Å². The Bertz CT molecular complexity index is 2930. The van der Waals surface area contributed by atoms with E-state index in [9.17, 15) is 14.4 Å². The first-order valence-corrected chi connectivity index (χ1v) is 33.1. The summed E-state index contributed by atoms with van der Waals surface area (Å²) in [5, 5.41) is 12.2. The number of amides is 1. The van der Waals surface area contributed by atoms with Crippen molar-refractivity contribution in [2.24, 2.45) is 5.73 Å². The number of hydrogen-bond donors (Lipinski definition) is 4. The number of pyridine rings is 2. The van der Waals surface area contributed by atoms with Crippen LogP contribution in [0.1, 0.15) is 51.4 Å². The van der Waals surface area contributed by atoms with Crippen molar-refractivity contribution >= 4 is 79.4 Å². The van der Waals surface area contributed by atoms with Crippen LogP contribution in [0.2, 0.25) is 61.4 Å². The van der Waals surface area contributed by atoms with E-state index in [1.807, 2.05) is 42.5 Å². The highest BCUT2D eigenvalue weighted by Crippen LogP contribution is 2.30. The van der Waals surface area contributed by atoms with Gasteiger partial charge in [0.2, 0.25) is 11.9 Å². The van der Waals surface area contributed by atoms with Crippen LogP contribution in [0.15, 0.2) is 82.6 Å². The van der Waals surface area contributed by atoms with Gasteiger partial charge in [0.25, 0.3) is 11.1 Å². The predicted octanol–water partition coefficient (Wildman–Crippen LogP) is 10.6. The standard InChI is InChI=1S/C27H36ClN5O4Si.C25H34ClN5O2Si/c1-36-27(35)31-20-11-9-19(10-12-20)30-26-29-16-18-15-22(21-7-5-6-8-23(21)28)25(34)33(24(18)32-26)17-37-13-14-38(2,3)4;1-34(2,3)13-12-33-16-31-23-17(14-21(24(31)32)20-6-4-5-7-22(20)26)15-28-25(30-23)29-19-10-8-18(27)9-11-19/h5-8,15-16,19-20H,9-14,17H2,1-4H3,(H,31,35)(H,29,30,32);4-7,14-15,18-19H,8-13,16,27H2,1-3H3,(H,28,29,30). The number of hydrogen-bond acceptors (Lipinski definition) is 13. The molecule has 4 aromatic heterocycles. The maximum Gasteiger partial charge on any atom is 0.407 e. The lowest BCUT2D eigenvalue weighted by Gasteiger charge is -2.29. The molecular formula is C52H70Cl2N10O6Si2. The summed E-state index contributed by atoms with van der Waals surface area (Å²) in [6.45, 7) is 15.2. The third-order valence-corrected chi connectivity index (χ3v) is 17.2. The van der Waals surface area contributed by atoms with E-state index in [2.05, 4.69) is 65.2 Å². The first-order valence-electron chi connectivity index (χ1n) is 25.0. The fraction of sp³-hybridized carbons (Fsp3) is 0.481. The zero-order valence-electron chi connectivity index (χ0n) is 42.6. The summed E-state index contributed by atoms with van der Waals surface area (Å²) in [4.78, 5) is 57.4. The van der Waals surface area contributed by atoms with Crippen molar-refractivity contribution < 1.29 is 19.0 Å². The van der Waals surface area contributed by atoms with Gasteiger partial charge in [-0.25, -0.2) is 14.8 Å². The van der Waals surface area contributed by atoms with Crippen molar-refractivity contribution in [2.75, 3.05) is 31.0 Å². The first-order chi connectivity index (χ1) is 34.4. The summed E-state index contributed by atoms with van der Waals surface area (Å²) in [6.07, 6.45) is 10.4. The van der Waals surface area contributed by atoms with Crippen LogP contribution >= 0.6 is 23.2 Å². The molecule has 20 heteroatoms. The summed E-state index contributed by atoms with van der Waals surface area (Å²) in [7, 11) is -1.16. The molecule has 2 aliphatic rings. The second-order valence-electron chi connectivity index (χ2n) is 21.3. The van der Waals surface area contributed by atoms with Gasteiger partial charge in [-0.05, 0) is 87.7 Å². The molecule has 8 rings (SSSR count). The average Bonchev–Trinajstić information content (AvgIpc) is 3.34. The molecule has 0 saturated heterocycles. The molecule has 1 amide bonds. The summed E-state index contributed by atoms with van der Waals surface area (Å²) in [6, 6.07) is 21.1. The topological polar surface area (TPSA) is 202 Å². The number of alkyl carbamates (subject to hydrolysis) is 1. The highest BCUT2D eigenvalue weighted by Gasteiger charge is 2.25. The van der Waals surface area contributed by atoms with Crippen molar-refractivity contribution in [2.45, 2.75) is 140 Å². The van der Waals surface area contributed by atoms with Gasteiger partial charge in [-0.1, -0.05) is 98.9 Å². The zero-order chi connectivity index (χ0) is 51.6. The summed E-state index contributed by atoms with van der Waals surface area (Å²) in [5.74, 6) is 0.983. The first kappa shape index (κ1) is 54.6. The van der Waals surface area contributed by atoms with E-state index < -0.39 is 22.2 Å². The molecule has 0 atom stereocenters. The average molecular weight is 1060 g/mol. The molecule has 2 aromatic carbocycles. The minimum atomic E-state index is -1.28. The number of nitrogens with zero attached hydrogens (tertiary/aromatic N) is 6. The largest absolute Gasteiger partial charge is 0.453 e. The number of halogens is 2. The summed E-state index contributed by atoms with van der Waals surface area (Å²) >= 11 is 12.9. The monoisotopic (exact) mass is 1060 g/mol. The van der Waals surface area contributed by atoms with Gasteiger partial charge in [0.15, 0.2) is 0 Å². The molecule has 0 radical (unpaired) electrons. The molecule has 2 fully saturated rings. The number of rotatable bonds is 17. The van der Waals surface area contributed by atoms with Gasteiger partial charge in [-0.2, -0.15) is 9.97 Å². The Morgan fingerprint density at radius 1 is 0.639 bits per heavy atom. The van der Waals surface area contributed by atoms with Gasteiger partial charge in [0, 0.05) is 109 Å². The number of carbonyl (C=O) groups excluding carboxylic acids is 1. The Labute approximate surface area is 433 Å². The molecular weight excluding hydrogens is 988 g/mol. The molecule has 6 aromatic rings. The lowest BCUT2D eigenvalue weighted by Crippen LogP contribution is -2.40. The van der Waals surface area contributed by atoms with Crippen LogP contribution in [0.3, 0.4) is 0 Å². The lowest BCUT2D eigenvalue weighted by atomic mass is 9.91. The number of anilines is 2. The molecule has 72 heavy (non-hydrogen) atoms. The number of aromatic nitrogens is 6. The molecule has 0 bridgehead atoms. The maximum atomic E-state index is 13.7. The van der Waals surface area contributed by atoms with Crippen molar-refractivity contribution in [3.05, 3.63) is 104 Å². The third kappa shape index (κ3) is 14.9. The van der Waals surface area contributed by atoms with Crippen LogP contribution in [-0.2, 0) is 27.7 Å². The Balaban J connectivity index is 0.000000213. The van der Waals surface area contributed by atoms with E-state index in [-0.39, 0.29) is 48.7 Å². The molecule has 2 saturated carbocycles. The van der Waals surface area contributed by atoms with Gasteiger partial charge in [-0.15, -0.1) is 0 Å². The number of fused-ring (bicyclic) bond motifs is 2. The van der Waals surface area contributed by atoms with Crippen molar-refractivity contribution in [1.82, 2.24) is 34.4 Å². The van der Waals surface area contributed by atoms with E-state index in [0.29, 0.717) is 68.7 Å². The Kier molecular flexibility index (Phi) is 18.7. The second-order valence-corrected chi connectivity index (χ2v) is 33.3. The molecule has 5 N–H and O–H groups in total. The van der Waals surface area contributed by atoms with Crippen molar-refractivity contribution in [3.63, 3.8) is 0 Å². The van der Waals surface area contributed by atoms with Crippen molar-refractivity contribution in [3.8, 4) is 22.3 Å². The predicted molar refractivity (Wildman–Crippen MR) is 296 cm³/mol. The van der Waals surface area contributed by atoms with E-state index in [1.165, 1.54) is 7.11 Å². The maximum absolute atomic E-state index is 13.7. The van der Waals surface area contributed by atoms with Crippen LogP contribution in [0, 0.1) is 0 Å². The Morgan fingerprint density at radius 2 is 1.04 bits per heavy atom. The van der Waals surface area contributed by atoms with E-state index in [4.69, 9.17) is 53.1 Å². The minimum absolute atomic E-state index is 0.0961. The molecule has 0 unspecified atom stereocenters. The van der Waals surface area contributed by atoms with Crippen molar-refractivity contribution in [1.29, 1.82) is 0 Å². The van der Waals surface area contributed by atoms with Crippen LogP contribution in [0.4, 0.5) is 16.7 Å². The fourth-order valence-corrected chi connectivity index (χ4v) is 10.7. The normalized spacial score (nSPS) is 18.3. The highest BCUT2D eigenvalue weighted by molar-refractivity contribution is 6.76. The molecule has 0 spiro atoms. The number of ether oxygens (including phenoxy) is 3. The second kappa shape index (κ2) is 24.7. The van der Waals surface area contributed by atoms with E-state index >= 15 is 0 Å². The van der Waals surface area contributed by atoms with Crippen LogP contribution in [0.5, 0.6) is 0 Å². The smallest absolute Gasteiger partial charge is 0.407 e. The number of nitrogens with one attached hydrogen (secondary N) is 3. The number of carbonyl (C=O) groups is 1. The third-order valence-electron chi connectivity index (χ3n) is 13.1. The fourth-order valence-electron chi connectivity index (χ4n) is 8.75. The number of benzene rings is 2. The SMILES string of the molecule is COC(=O)NC1CCC(Nc2ncc3cc(-c4ccccc4Cl)c(=O)n(COCC[Si](C)(C)C)c3n2)CC1.C[Si](C)(C)CCOCn1c(=O)c(-c2ccccc2Cl)cc2cnc(NC3CCC(N)CC3)nc21. The van der Waals surface area contributed by atoms with Crippen LogP contribution in [-0.4, -0.2) is 95.8 Å². The minimum Gasteiger partial charge on any atom is -0.453 e. The number of methoxy groups -OCH3 is 1. The Morgan fingerprint density at radius 3 is 1.44 bits per heavy atom. The van der Waals surface area contributed by atoms with Gasteiger partial charge >= 0.3 is 6.09 Å². The molecule has 4 heterocycles. The Hall–Kier alpha value is -5.22. The van der Waals surface area contributed by atoms with Gasteiger partial charge < -0.3 is 35.9 Å². The van der Waals surface area contributed by atoms with Crippen LogP contribution < -0.4 is 32.8 Å². The van der Waals surface area contributed by atoms with E-state index in [0.717, 1.165) is 74.2 Å². The van der Waals surface area contributed by atoms with Gasteiger partial charge in [0.1, 0.15) is 24.8 Å². The molecule has 2 aliphatic carbocycles. The number of nitrogens with two attached hydrogens (primary N) is 1. The molecule has 0 aliphatic heterocycles. The quantitative estimate of drug-likeness (QED) is 0.0497. The molecule has 386 valence electrons. The summed E-state index contributed by atoms with van der Waals surface area (Å²) < 4.78 is 19.8. The zero-order valence-corrected chi connectivity index (χ0v) is 46.1. The van der Waals surface area contributed by atoms with Gasteiger partial charge in [-0.3, -0.25) is 18.7 Å². The lowest BCUT2D eigenvalue weighted by molar-refractivity contribution is 0.0875.